The second-order valence-corrected chi connectivity index (χ2v) is 6.46. The van der Waals surface area contributed by atoms with Crippen molar-refractivity contribution in [1.82, 2.24) is 0 Å². The lowest BCUT2D eigenvalue weighted by Gasteiger charge is -2.03. The summed E-state index contributed by atoms with van der Waals surface area (Å²) in [5.41, 5.74) is 4.11. The van der Waals surface area contributed by atoms with Crippen molar-refractivity contribution in [2.45, 2.75) is 13.8 Å². The zero-order valence-electron chi connectivity index (χ0n) is 13.6. The molecule has 24 heavy (non-hydrogen) atoms. The molecule has 0 bridgehead atoms. The Bertz CT molecular complexity index is 864. The summed E-state index contributed by atoms with van der Waals surface area (Å²) in [6.07, 6.45) is 1.70. The van der Waals surface area contributed by atoms with Crippen molar-refractivity contribution in [3.63, 3.8) is 0 Å². The summed E-state index contributed by atoms with van der Waals surface area (Å²) < 4.78 is 11.3. The lowest BCUT2D eigenvalue weighted by Crippen LogP contribution is -2.05. The average molecular weight is 386 g/mol. The summed E-state index contributed by atoms with van der Waals surface area (Å²) in [6, 6.07) is 11.5. The van der Waals surface area contributed by atoms with Gasteiger partial charge in [0.15, 0.2) is 5.70 Å². The number of carbonyl (C=O) groups excluding carboxylic acids is 1. The fourth-order valence-corrected chi connectivity index (χ4v) is 3.12. The Morgan fingerprint density at radius 2 is 1.83 bits per heavy atom. The number of methoxy groups -OCH3 is 1. The van der Waals surface area contributed by atoms with E-state index in [1.165, 1.54) is 0 Å². The van der Waals surface area contributed by atoms with Gasteiger partial charge in [-0.15, -0.1) is 0 Å². The molecule has 0 saturated carbocycles. The number of cyclic esters (lactones) is 1. The highest BCUT2D eigenvalue weighted by molar-refractivity contribution is 9.10. The first-order chi connectivity index (χ1) is 11.5. The van der Waals surface area contributed by atoms with Crippen LogP contribution in [0.5, 0.6) is 5.75 Å². The number of aryl methyl sites for hydroxylation is 2. The first-order valence-electron chi connectivity index (χ1n) is 7.41. The fourth-order valence-electron chi connectivity index (χ4n) is 2.56. The van der Waals surface area contributed by atoms with Gasteiger partial charge in [0, 0.05) is 5.56 Å². The van der Waals surface area contributed by atoms with E-state index in [1.807, 2.05) is 44.2 Å². The summed E-state index contributed by atoms with van der Waals surface area (Å²) in [5.74, 6) is 0.618. The molecule has 122 valence electrons. The minimum atomic E-state index is -0.448. The SMILES string of the molecule is COc1ccc(/C=C2\N=C(c3cc(C)cc(C)c3)OC2=O)cc1Br. The molecular weight excluding hydrogens is 370 g/mol. The molecule has 0 aliphatic carbocycles. The molecule has 0 N–H and O–H groups in total. The summed E-state index contributed by atoms with van der Waals surface area (Å²) in [7, 11) is 1.60. The maximum Gasteiger partial charge on any atom is 0.363 e. The maximum absolute atomic E-state index is 12.1. The quantitative estimate of drug-likeness (QED) is 0.580. The van der Waals surface area contributed by atoms with Gasteiger partial charge in [0.2, 0.25) is 5.90 Å². The van der Waals surface area contributed by atoms with E-state index < -0.39 is 5.97 Å². The number of hydrogen-bond acceptors (Lipinski definition) is 4. The van der Waals surface area contributed by atoms with Gasteiger partial charge < -0.3 is 9.47 Å². The highest BCUT2D eigenvalue weighted by Crippen LogP contribution is 2.27. The minimum absolute atomic E-state index is 0.279. The van der Waals surface area contributed by atoms with Crippen LogP contribution in [0.2, 0.25) is 0 Å². The van der Waals surface area contributed by atoms with E-state index in [2.05, 4.69) is 27.0 Å². The van der Waals surface area contributed by atoms with Gasteiger partial charge >= 0.3 is 5.97 Å². The normalized spacial score (nSPS) is 15.4. The third kappa shape index (κ3) is 3.41. The molecule has 0 aromatic heterocycles. The van der Waals surface area contributed by atoms with Crippen molar-refractivity contribution in [2.24, 2.45) is 4.99 Å². The van der Waals surface area contributed by atoms with Gasteiger partial charge in [-0.2, -0.15) is 0 Å². The van der Waals surface area contributed by atoms with Crippen molar-refractivity contribution in [2.75, 3.05) is 7.11 Å². The van der Waals surface area contributed by atoms with E-state index >= 15 is 0 Å². The first-order valence-corrected chi connectivity index (χ1v) is 8.20. The van der Waals surface area contributed by atoms with Crippen molar-refractivity contribution < 1.29 is 14.3 Å². The second-order valence-electron chi connectivity index (χ2n) is 5.61. The zero-order chi connectivity index (χ0) is 17.3. The molecule has 1 heterocycles. The van der Waals surface area contributed by atoms with Gasteiger partial charge in [0.1, 0.15) is 5.75 Å². The molecule has 2 aromatic rings. The summed E-state index contributed by atoms with van der Waals surface area (Å²) in [4.78, 5) is 16.4. The van der Waals surface area contributed by atoms with E-state index in [-0.39, 0.29) is 5.70 Å². The van der Waals surface area contributed by atoms with Gasteiger partial charge in [-0.3, -0.25) is 0 Å². The molecule has 5 heteroatoms. The average Bonchev–Trinajstić information content (AvgIpc) is 2.88. The van der Waals surface area contributed by atoms with E-state index in [4.69, 9.17) is 9.47 Å². The second kappa shape index (κ2) is 6.61. The number of rotatable bonds is 3. The molecule has 0 radical (unpaired) electrons. The Hall–Kier alpha value is -2.40. The molecule has 0 fully saturated rings. The number of hydrogen-bond donors (Lipinski definition) is 0. The number of esters is 1. The first kappa shape index (κ1) is 16.5. The van der Waals surface area contributed by atoms with Crippen molar-refractivity contribution in [1.29, 1.82) is 0 Å². The third-order valence-electron chi connectivity index (χ3n) is 3.57. The number of ether oxygens (including phenoxy) is 2. The van der Waals surface area contributed by atoms with Gasteiger partial charge in [-0.1, -0.05) is 23.3 Å². The maximum atomic E-state index is 12.1. The van der Waals surface area contributed by atoms with Crippen LogP contribution >= 0.6 is 15.9 Å². The summed E-state index contributed by atoms with van der Waals surface area (Å²) >= 11 is 3.43. The van der Waals surface area contributed by atoms with Gasteiger partial charge in [-0.25, -0.2) is 9.79 Å². The number of halogens is 1. The van der Waals surface area contributed by atoms with Crippen LogP contribution < -0.4 is 4.74 Å². The van der Waals surface area contributed by atoms with Crippen LogP contribution in [0.25, 0.3) is 6.08 Å². The van der Waals surface area contributed by atoms with Crippen molar-refractivity contribution in [3.8, 4) is 5.75 Å². The summed E-state index contributed by atoms with van der Waals surface area (Å²) in [6.45, 7) is 4.00. The molecule has 0 unspecified atom stereocenters. The Morgan fingerprint density at radius 3 is 2.46 bits per heavy atom. The Morgan fingerprint density at radius 1 is 1.12 bits per heavy atom. The molecule has 2 aromatic carbocycles. The van der Waals surface area contributed by atoms with Gasteiger partial charge in [-0.05, 0) is 65.7 Å². The van der Waals surface area contributed by atoms with Crippen LogP contribution in [0.1, 0.15) is 22.3 Å². The number of nitrogens with zero attached hydrogens (tertiary/aromatic N) is 1. The topological polar surface area (TPSA) is 47.9 Å². The molecular formula is C19H16BrNO3. The van der Waals surface area contributed by atoms with Crippen LogP contribution in [-0.4, -0.2) is 19.0 Å². The van der Waals surface area contributed by atoms with Crippen LogP contribution in [-0.2, 0) is 9.53 Å². The minimum Gasteiger partial charge on any atom is -0.496 e. The van der Waals surface area contributed by atoms with Crippen molar-refractivity contribution in [3.05, 3.63) is 68.8 Å². The molecule has 0 amide bonds. The van der Waals surface area contributed by atoms with Gasteiger partial charge in [0.05, 0.1) is 11.6 Å². The van der Waals surface area contributed by atoms with Crippen molar-refractivity contribution >= 4 is 33.9 Å². The molecule has 3 rings (SSSR count). The van der Waals surface area contributed by atoms with E-state index in [9.17, 15) is 4.79 Å². The number of benzene rings is 2. The largest absolute Gasteiger partial charge is 0.496 e. The smallest absolute Gasteiger partial charge is 0.363 e. The van der Waals surface area contributed by atoms with Crippen LogP contribution in [0.15, 0.2) is 51.6 Å². The molecule has 0 saturated heterocycles. The van der Waals surface area contributed by atoms with E-state index in [1.54, 1.807) is 13.2 Å². The number of aliphatic imine (C=N–C) groups is 1. The Labute approximate surface area is 148 Å². The predicted octanol–water partition coefficient (Wildman–Crippen LogP) is 4.42. The number of carbonyl (C=O) groups is 1. The zero-order valence-corrected chi connectivity index (χ0v) is 15.2. The van der Waals surface area contributed by atoms with Gasteiger partial charge in [0.25, 0.3) is 0 Å². The Balaban J connectivity index is 1.95. The van der Waals surface area contributed by atoms with Crippen LogP contribution in [0.4, 0.5) is 0 Å². The van der Waals surface area contributed by atoms with E-state index in [0.29, 0.717) is 5.90 Å². The molecule has 0 atom stereocenters. The predicted molar refractivity (Wildman–Crippen MR) is 97.2 cm³/mol. The molecule has 0 spiro atoms. The third-order valence-corrected chi connectivity index (χ3v) is 4.19. The van der Waals surface area contributed by atoms with Crippen LogP contribution in [0, 0.1) is 13.8 Å². The molecule has 4 nitrogen and oxygen atoms in total. The lowest BCUT2D eigenvalue weighted by molar-refractivity contribution is -0.129. The lowest BCUT2D eigenvalue weighted by atomic mass is 10.1. The Kier molecular flexibility index (Phi) is 4.53. The molecule has 1 aliphatic rings. The summed E-state index contributed by atoms with van der Waals surface area (Å²) in [5, 5.41) is 0. The fraction of sp³-hybridized carbons (Fsp3) is 0.158. The monoisotopic (exact) mass is 385 g/mol. The molecule has 1 aliphatic heterocycles. The van der Waals surface area contributed by atoms with Crippen LogP contribution in [0.3, 0.4) is 0 Å². The highest BCUT2D eigenvalue weighted by atomic mass is 79.9. The highest BCUT2D eigenvalue weighted by Gasteiger charge is 2.24. The van der Waals surface area contributed by atoms with E-state index in [0.717, 1.165) is 32.5 Å². The standard InChI is InChI=1S/C19H16BrNO3/c1-11-6-12(2)8-14(7-11)18-21-16(19(22)24-18)10-13-4-5-17(23-3)15(20)9-13/h4-10H,1-3H3/b16-10-.